The smallest absolute Gasteiger partial charge is 0.180 e. The van der Waals surface area contributed by atoms with Crippen molar-refractivity contribution in [2.75, 3.05) is 5.32 Å². The molecule has 0 aliphatic carbocycles. The van der Waals surface area contributed by atoms with Gasteiger partial charge in [0.2, 0.25) is 0 Å². The fourth-order valence-corrected chi connectivity index (χ4v) is 3.58. The first-order valence-corrected chi connectivity index (χ1v) is 10.1. The summed E-state index contributed by atoms with van der Waals surface area (Å²) in [6, 6.07) is 20.6. The van der Waals surface area contributed by atoms with Gasteiger partial charge in [-0.3, -0.25) is 9.78 Å². The molecule has 146 valence electrons. The van der Waals surface area contributed by atoms with Gasteiger partial charge in [0.25, 0.3) is 0 Å². The van der Waals surface area contributed by atoms with Crippen molar-refractivity contribution in [2.45, 2.75) is 32.6 Å². The molecule has 2 N–H and O–H groups in total. The molecule has 0 saturated heterocycles. The molecule has 0 amide bonds. The van der Waals surface area contributed by atoms with Crippen molar-refractivity contribution in [3.63, 3.8) is 0 Å². The van der Waals surface area contributed by atoms with E-state index in [2.05, 4.69) is 70.0 Å². The van der Waals surface area contributed by atoms with Crippen molar-refractivity contribution in [1.82, 2.24) is 9.97 Å². The molecule has 0 radical (unpaired) electrons. The summed E-state index contributed by atoms with van der Waals surface area (Å²) in [5.41, 5.74) is 6.31. The first-order chi connectivity index (χ1) is 14.2. The summed E-state index contributed by atoms with van der Waals surface area (Å²) in [4.78, 5) is 19.3. The number of nitrogens with zero attached hydrogens (tertiary/aromatic N) is 1. The Bertz CT molecular complexity index is 1110. The average Bonchev–Trinajstić information content (AvgIpc) is 3.18. The van der Waals surface area contributed by atoms with E-state index < -0.39 is 0 Å². The van der Waals surface area contributed by atoms with E-state index in [0.717, 1.165) is 30.6 Å². The first-order valence-electron chi connectivity index (χ1n) is 10.1. The molecule has 0 fully saturated rings. The van der Waals surface area contributed by atoms with Crippen LogP contribution in [0.25, 0.3) is 10.9 Å². The molecule has 4 rings (SSSR count). The highest BCUT2D eigenvalue weighted by Crippen LogP contribution is 2.21. The maximum Gasteiger partial charge on any atom is 0.180 e. The molecule has 0 atom stereocenters. The number of ketones is 1. The Hall–Kier alpha value is -3.40. The zero-order valence-electron chi connectivity index (χ0n) is 16.6. The number of Topliss-reactive ketones (excluding diaryl/α,β-unsaturated/α-hetero) is 1. The van der Waals surface area contributed by atoms with E-state index in [4.69, 9.17) is 0 Å². The Morgan fingerprint density at radius 2 is 1.83 bits per heavy atom. The highest BCUT2D eigenvalue weighted by atomic mass is 16.1. The normalized spacial score (nSPS) is 10.9. The number of carbonyl (C=O) groups excluding carboxylic acids is 1. The minimum absolute atomic E-state index is 0.0548. The Morgan fingerprint density at radius 3 is 2.66 bits per heavy atom. The SMILES string of the molecule is CCC(=O)c1cc(Nc2ccc(CCCc3c[nH]c4ccccc34)cc2)ccn1. The fourth-order valence-electron chi connectivity index (χ4n) is 3.58. The lowest BCUT2D eigenvalue weighted by Gasteiger charge is -2.09. The molecule has 0 spiro atoms. The van der Waals surface area contributed by atoms with Gasteiger partial charge in [-0.25, -0.2) is 0 Å². The summed E-state index contributed by atoms with van der Waals surface area (Å²) in [5.74, 6) is 0.0548. The van der Waals surface area contributed by atoms with Crippen molar-refractivity contribution in [1.29, 1.82) is 0 Å². The second-order valence-corrected chi connectivity index (χ2v) is 7.24. The number of para-hydroxylation sites is 1. The Kier molecular flexibility index (Phi) is 5.71. The third-order valence-corrected chi connectivity index (χ3v) is 5.20. The van der Waals surface area contributed by atoms with Crippen LogP contribution in [0.5, 0.6) is 0 Å². The number of aromatic nitrogens is 2. The maximum atomic E-state index is 11.8. The summed E-state index contributed by atoms with van der Waals surface area (Å²) in [6.45, 7) is 1.85. The van der Waals surface area contributed by atoms with Crippen molar-refractivity contribution < 1.29 is 4.79 Å². The van der Waals surface area contributed by atoms with Gasteiger partial charge in [0, 0.05) is 41.1 Å². The quantitative estimate of drug-likeness (QED) is 0.363. The standard InChI is InChI=1S/C25H25N3O/c1-2-25(29)24-16-21(14-15-26-24)28-20-12-10-18(11-13-20)6-5-7-19-17-27-23-9-4-3-8-22(19)23/h3-4,8-17,27H,2,5-7H2,1H3,(H,26,28). The molecular weight excluding hydrogens is 358 g/mol. The van der Waals surface area contributed by atoms with Crippen molar-refractivity contribution in [2.24, 2.45) is 0 Å². The number of fused-ring (bicyclic) bond motifs is 1. The van der Waals surface area contributed by atoms with Crippen LogP contribution in [0, 0.1) is 0 Å². The van der Waals surface area contributed by atoms with Crippen LogP contribution in [0.1, 0.15) is 41.4 Å². The second-order valence-electron chi connectivity index (χ2n) is 7.24. The summed E-state index contributed by atoms with van der Waals surface area (Å²) in [7, 11) is 0. The Morgan fingerprint density at radius 1 is 1.00 bits per heavy atom. The zero-order chi connectivity index (χ0) is 20.1. The molecule has 2 heterocycles. The van der Waals surface area contributed by atoms with E-state index in [1.165, 1.54) is 22.0 Å². The van der Waals surface area contributed by atoms with Gasteiger partial charge in [0.05, 0.1) is 0 Å². The molecule has 29 heavy (non-hydrogen) atoms. The average molecular weight is 383 g/mol. The highest BCUT2D eigenvalue weighted by molar-refractivity contribution is 5.94. The fraction of sp³-hybridized carbons (Fsp3) is 0.200. The molecule has 4 nitrogen and oxygen atoms in total. The number of hydrogen-bond acceptors (Lipinski definition) is 3. The van der Waals surface area contributed by atoms with Crippen LogP contribution >= 0.6 is 0 Å². The van der Waals surface area contributed by atoms with E-state index in [-0.39, 0.29) is 5.78 Å². The van der Waals surface area contributed by atoms with Crippen LogP contribution in [-0.2, 0) is 12.8 Å². The summed E-state index contributed by atoms with van der Waals surface area (Å²) >= 11 is 0. The number of aryl methyl sites for hydroxylation is 2. The molecule has 0 saturated carbocycles. The number of anilines is 2. The van der Waals surface area contributed by atoms with Gasteiger partial charge in [-0.15, -0.1) is 0 Å². The molecule has 0 aliphatic heterocycles. The van der Waals surface area contributed by atoms with Gasteiger partial charge in [-0.2, -0.15) is 0 Å². The number of benzene rings is 2. The van der Waals surface area contributed by atoms with Gasteiger partial charge in [-0.05, 0) is 60.7 Å². The summed E-state index contributed by atoms with van der Waals surface area (Å²) in [5, 5.41) is 4.68. The number of hydrogen-bond donors (Lipinski definition) is 2. The number of rotatable bonds is 8. The van der Waals surface area contributed by atoms with Crippen LogP contribution in [0.4, 0.5) is 11.4 Å². The zero-order valence-corrected chi connectivity index (χ0v) is 16.6. The third-order valence-electron chi connectivity index (χ3n) is 5.20. The van der Waals surface area contributed by atoms with Crippen LogP contribution in [0.3, 0.4) is 0 Å². The van der Waals surface area contributed by atoms with Crippen molar-refractivity contribution in [3.05, 3.63) is 89.9 Å². The minimum Gasteiger partial charge on any atom is -0.361 e. The summed E-state index contributed by atoms with van der Waals surface area (Å²) < 4.78 is 0. The second kappa shape index (κ2) is 8.74. The van der Waals surface area contributed by atoms with E-state index >= 15 is 0 Å². The number of aromatic amines is 1. The lowest BCUT2D eigenvalue weighted by Crippen LogP contribution is -2.01. The maximum absolute atomic E-state index is 11.8. The first kappa shape index (κ1) is 18.9. The van der Waals surface area contributed by atoms with E-state index in [0.29, 0.717) is 12.1 Å². The van der Waals surface area contributed by atoms with Gasteiger partial charge in [0.1, 0.15) is 5.69 Å². The van der Waals surface area contributed by atoms with Crippen LogP contribution < -0.4 is 5.32 Å². The summed E-state index contributed by atoms with van der Waals surface area (Å²) in [6.07, 6.45) is 7.48. The van der Waals surface area contributed by atoms with Crippen LogP contribution in [0.2, 0.25) is 0 Å². The van der Waals surface area contributed by atoms with Gasteiger partial charge >= 0.3 is 0 Å². The van der Waals surface area contributed by atoms with Crippen molar-refractivity contribution in [3.8, 4) is 0 Å². The molecule has 2 aromatic carbocycles. The predicted molar refractivity (Wildman–Crippen MR) is 119 cm³/mol. The third kappa shape index (κ3) is 4.54. The van der Waals surface area contributed by atoms with Crippen molar-refractivity contribution >= 4 is 28.1 Å². The molecule has 0 aliphatic rings. The highest BCUT2D eigenvalue weighted by Gasteiger charge is 2.06. The van der Waals surface area contributed by atoms with Crippen LogP contribution in [0.15, 0.2) is 73.1 Å². The van der Waals surface area contributed by atoms with E-state index in [1.807, 2.05) is 13.0 Å². The lowest BCUT2D eigenvalue weighted by atomic mass is 10.0. The Balaban J connectivity index is 1.34. The molecule has 0 bridgehead atoms. The van der Waals surface area contributed by atoms with E-state index in [9.17, 15) is 4.79 Å². The number of H-pyrrole nitrogens is 1. The molecule has 4 aromatic rings. The van der Waals surface area contributed by atoms with Crippen LogP contribution in [-0.4, -0.2) is 15.8 Å². The monoisotopic (exact) mass is 383 g/mol. The number of carbonyl (C=O) groups is 1. The van der Waals surface area contributed by atoms with Gasteiger partial charge in [0.15, 0.2) is 5.78 Å². The molecular formula is C25H25N3O. The lowest BCUT2D eigenvalue weighted by molar-refractivity contribution is 0.0983. The number of nitrogens with one attached hydrogen (secondary N) is 2. The topological polar surface area (TPSA) is 57.8 Å². The van der Waals surface area contributed by atoms with Gasteiger partial charge in [-0.1, -0.05) is 37.3 Å². The molecule has 4 heteroatoms. The van der Waals surface area contributed by atoms with E-state index in [1.54, 1.807) is 12.3 Å². The molecule has 2 aromatic heterocycles. The number of pyridine rings is 1. The Labute approximate surface area is 171 Å². The largest absolute Gasteiger partial charge is 0.361 e. The van der Waals surface area contributed by atoms with Gasteiger partial charge < -0.3 is 10.3 Å². The minimum atomic E-state index is 0.0548. The molecule has 0 unspecified atom stereocenters. The predicted octanol–water partition coefficient (Wildman–Crippen LogP) is 6.07.